The molecule has 0 aliphatic carbocycles. The molecular weight excluding hydrogens is 476 g/mol. The smallest absolute Gasteiger partial charge is 0.341 e. The number of hydrogen-bond donors (Lipinski definition) is 3. The summed E-state index contributed by atoms with van der Waals surface area (Å²) < 4.78 is 5.48. The number of carboxylic acids is 1. The summed E-state index contributed by atoms with van der Waals surface area (Å²) in [6.07, 6.45) is 2.18. The summed E-state index contributed by atoms with van der Waals surface area (Å²) in [5, 5.41) is 17.3. The van der Waals surface area contributed by atoms with Crippen LogP contribution in [0.2, 0.25) is 0 Å². The molecular formula is C27H26N4O4S. The number of aliphatic carboxylic acids is 1. The van der Waals surface area contributed by atoms with E-state index in [2.05, 4.69) is 20.6 Å². The van der Waals surface area contributed by atoms with Crippen LogP contribution < -0.4 is 15.4 Å². The highest BCUT2D eigenvalue weighted by Crippen LogP contribution is 2.31. The molecule has 2 aromatic heterocycles. The maximum Gasteiger partial charge on any atom is 0.341 e. The van der Waals surface area contributed by atoms with E-state index in [0.29, 0.717) is 18.7 Å². The first-order valence-corrected chi connectivity index (χ1v) is 12.3. The van der Waals surface area contributed by atoms with Gasteiger partial charge in [0.05, 0.1) is 22.9 Å². The molecule has 0 bridgehead atoms. The molecule has 0 saturated heterocycles. The maximum absolute atomic E-state index is 13.5. The van der Waals surface area contributed by atoms with Crippen molar-refractivity contribution in [3.05, 3.63) is 94.7 Å². The predicted molar refractivity (Wildman–Crippen MR) is 139 cm³/mol. The zero-order chi connectivity index (χ0) is 25.3. The standard InChI is InChI=1S/C27H26N4O4S/c1-18-11-21(9-10-28-18)20-7-8-25(35-15-26(32)33)23(13-20)31-27(34)24(12-19-5-3-2-4-6-19)29-14-22-16-36-17-30-22/h2-11,13,16-17,24,29H,12,14-15H2,1H3,(H,31,34)(H,32,33). The van der Waals surface area contributed by atoms with Gasteiger partial charge in [0.1, 0.15) is 5.75 Å². The Hall–Kier alpha value is -4.08. The molecule has 8 nitrogen and oxygen atoms in total. The number of aromatic nitrogens is 2. The summed E-state index contributed by atoms with van der Waals surface area (Å²) in [5.74, 6) is -1.09. The number of thiazole rings is 1. The Morgan fingerprint density at radius 3 is 2.58 bits per heavy atom. The number of nitrogens with one attached hydrogen (secondary N) is 2. The summed E-state index contributed by atoms with van der Waals surface area (Å²) >= 11 is 1.50. The molecule has 4 rings (SSSR count). The van der Waals surface area contributed by atoms with Crippen molar-refractivity contribution in [2.75, 3.05) is 11.9 Å². The van der Waals surface area contributed by atoms with Crippen molar-refractivity contribution >= 4 is 28.9 Å². The SMILES string of the molecule is Cc1cc(-c2ccc(OCC(=O)O)c(NC(=O)C(Cc3ccccc3)NCc3cscn3)c2)ccn1. The van der Waals surface area contributed by atoms with E-state index < -0.39 is 18.6 Å². The van der Waals surface area contributed by atoms with Crippen molar-refractivity contribution in [2.45, 2.75) is 25.9 Å². The molecule has 36 heavy (non-hydrogen) atoms. The Kier molecular flexibility index (Phi) is 8.38. The van der Waals surface area contributed by atoms with Crippen LogP contribution in [-0.4, -0.2) is 39.6 Å². The fourth-order valence-electron chi connectivity index (χ4n) is 3.68. The third kappa shape index (κ3) is 6.97. The number of aryl methyl sites for hydroxylation is 1. The van der Waals surface area contributed by atoms with Crippen molar-refractivity contribution in [2.24, 2.45) is 0 Å². The molecule has 0 spiro atoms. The van der Waals surface area contributed by atoms with Crippen LogP contribution in [-0.2, 0) is 22.6 Å². The minimum atomic E-state index is -1.10. The van der Waals surface area contributed by atoms with Crippen molar-refractivity contribution in [3.8, 4) is 16.9 Å². The van der Waals surface area contributed by atoms with Gasteiger partial charge in [-0.15, -0.1) is 11.3 Å². The van der Waals surface area contributed by atoms with E-state index >= 15 is 0 Å². The molecule has 0 aliphatic heterocycles. The summed E-state index contributed by atoms with van der Waals surface area (Å²) in [5.41, 5.74) is 6.62. The van der Waals surface area contributed by atoms with Crippen LogP contribution in [0.3, 0.4) is 0 Å². The molecule has 3 N–H and O–H groups in total. The number of carboxylic acid groups (broad SMARTS) is 1. The molecule has 184 valence electrons. The zero-order valence-corrected chi connectivity index (χ0v) is 20.5. The lowest BCUT2D eigenvalue weighted by Gasteiger charge is -2.20. The highest BCUT2D eigenvalue weighted by Gasteiger charge is 2.21. The number of ether oxygens (including phenoxy) is 1. The summed E-state index contributed by atoms with van der Waals surface area (Å²) in [6, 6.07) is 18.3. The highest BCUT2D eigenvalue weighted by atomic mass is 32.1. The Morgan fingerprint density at radius 2 is 1.86 bits per heavy atom. The van der Waals surface area contributed by atoms with Gasteiger partial charge in [0, 0.05) is 23.8 Å². The van der Waals surface area contributed by atoms with Crippen molar-refractivity contribution in [1.82, 2.24) is 15.3 Å². The number of nitrogens with zero attached hydrogens (tertiary/aromatic N) is 2. The third-order valence-electron chi connectivity index (χ3n) is 5.43. The zero-order valence-electron chi connectivity index (χ0n) is 19.7. The van der Waals surface area contributed by atoms with Gasteiger partial charge in [0.25, 0.3) is 0 Å². The third-order valence-corrected chi connectivity index (χ3v) is 6.07. The van der Waals surface area contributed by atoms with E-state index in [1.807, 2.05) is 60.8 Å². The highest BCUT2D eigenvalue weighted by molar-refractivity contribution is 7.07. The number of benzene rings is 2. The minimum absolute atomic E-state index is 0.266. The molecule has 0 saturated carbocycles. The Bertz CT molecular complexity index is 1310. The summed E-state index contributed by atoms with van der Waals surface area (Å²) in [4.78, 5) is 33.1. The van der Waals surface area contributed by atoms with E-state index in [4.69, 9.17) is 9.84 Å². The molecule has 0 fully saturated rings. The van der Waals surface area contributed by atoms with Gasteiger partial charge in [-0.2, -0.15) is 0 Å². The molecule has 2 heterocycles. The topological polar surface area (TPSA) is 113 Å². The first kappa shape index (κ1) is 25.0. The molecule has 0 aliphatic rings. The van der Waals surface area contributed by atoms with Crippen molar-refractivity contribution in [3.63, 3.8) is 0 Å². The first-order valence-electron chi connectivity index (χ1n) is 11.3. The number of anilines is 1. The molecule has 0 radical (unpaired) electrons. The largest absolute Gasteiger partial charge is 0.480 e. The van der Waals surface area contributed by atoms with Crippen LogP contribution in [0, 0.1) is 6.92 Å². The number of rotatable bonds is 11. The quantitative estimate of drug-likeness (QED) is 0.280. The lowest BCUT2D eigenvalue weighted by molar-refractivity contribution is -0.139. The van der Waals surface area contributed by atoms with E-state index in [1.165, 1.54) is 11.3 Å². The van der Waals surface area contributed by atoms with Crippen LogP contribution in [0.5, 0.6) is 5.75 Å². The van der Waals surface area contributed by atoms with Gasteiger partial charge < -0.3 is 15.2 Å². The molecule has 4 aromatic rings. The monoisotopic (exact) mass is 502 g/mol. The Morgan fingerprint density at radius 1 is 1.06 bits per heavy atom. The number of carbonyl (C=O) groups is 2. The van der Waals surface area contributed by atoms with Crippen LogP contribution in [0.1, 0.15) is 17.0 Å². The van der Waals surface area contributed by atoms with E-state index in [0.717, 1.165) is 28.1 Å². The molecule has 9 heteroatoms. The summed E-state index contributed by atoms with van der Waals surface area (Å²) in [6.45, 7) is 1.82. The van der Waals surface area contributed by atoms with Crippen molar-refractivity contribution in [1.29, 1.82) is 0 Å². The van der Waals surface area contributed by atoms with Gasteiger partial charge in [0.15, 0.2) is 6.61 Å². The average Bonchev–Trinajstić information content (AvgIpc) is 3.40. The average molecular weight is 503 g/mol. The fourth-order valence-corrected chi connectivity index (χ4v) is 4.24. The lowest BCUT2D eigenvalue weighted by atomic mass is 10.0. The van der Waals surface area contributed by atoms with E-state index in [9.17, 15) is 9.59 Å². The van der Waals surface area contributed by atoms with Crippen LogP contribution in [0.15, 0.2) is 77.8 Å². The van der Waals surface area contributed by atoms with Gasteiger partial charge in [-0.25, -0.2) is 9.78 Å². The second-order valence-electron chi connectivity index (χ2n) is 8.17. The van der Waals surface area contributed by atoms with Gasteiger partial charge in [-0.05, 0) is 54.3 Å². The van der Waals surface area contributed by atoms with E-state index in [1.54, 1.807) is 23.8 Å². The number of amides is 1. The Balaban J connectivity index is 1.60. The minimum Gasteiger partial charge on any atom is -0.480 e. The van der Waals surface area contributed by atoms with Gasteiger partial charge in [-0.3, -0.25) is 15.1 Å². The van der Waals surface area contributed by atoms with Crippen LogP contribution in [0.4, 0.5) is 5.69 Å². The van der Waals surface area contributed by atoms with Gasteiger partial charge in [0.2, 0.25) is 5.91 Å². The normalized spacial score (nSPS) is 11.6. The number of carbonyl (C=O) groups excluding carboxylic acids is 1. The van der Waals surface area contributed by atoms with Gasteiger partial charge >= 0.3 is 5.97 Å². The van der Waals surface area contributed by atoms with Gasteiger partial charge in [-0.1, -0.05) is 36.4 Å². The molecule has 1 amide bonds. The maximum atomic E-state index is 13.5. The number of pyridine rings is 1. The Labute approximate surface area is 213 Å². The van der Waals surface area contributed by atoms with Crippen LogP contribution in [0.25, 0.3) is 11.1 Å². The molecule has 2 aromatic carbocycles. The second-order valence-corrected chi connectivity index (χ2v) is 8.89. The summed E-state index contributed by atoms with van der Waals surface area (Å²) in [7, 11) is 0. The van der Waals surface area contributed by atoms with Crippen molar-refractivity contribution < 1.29 is 19.4 Å². The predicted octanol–water partition coefficient (Wildman–Crippen LogP) is 4.32. The lowest BCUT2D eigenvalue weighted by Crippen LogP contribution is -2.42. The molecule has 1 atom stereocenters. The second kappa shape index (κ2) is 12.1. The molecule has 1 unspecified atom stereocenters. The number of hydrogen-bond acceptors (Lipinski definition) is 7. The first-order chi connectivity index (χ1) is 17.5. The fraction of sp³-hybridized carbons (Fsp3) is 0.185. The van der Waals surface area contributed by atoms with Crippen LogP contribution >= 0.6 is 11.3 Å². The van der Waals surface area contributed by atoms with E-state index in [-0.39, 0.29) is 11.7 Å².